The Labute approximate surface area is 128 Å². The molecule has 0 aliphatic heterocycles. The minimum absolute atomic E-state index is 0.128. The number of sulfonamides is 1. The molecule has 21 heavy (non-hydrogen) atoms. The van der Waals surface area contributed by atoms with Crippen molar-refractivity contribution in [1.82, 2.24) is 10.0 Å². The molecule has 7 heteroatoms. The third-order valence-corrected chi connectivity index (χ3v) is 5.57. The number of rotatable bonds is 7. The van der Waals surface area contributed by atoms with Gasteiger partial charge in [0.05, 0.1) is 6.42 Å². The van der Waals surface area contributed by atoms with Crippen LogP contribution in [0.25, 0.3) is 0 Å². The summed E-state index contributed by atoms with van der Waals surface area (Å²) < 4.78 is 26.4. The van der Waals surface area contributed by atoms with Gasteiger partial charge in [0, 0.05) is 13.1 Å². The smallest absolute Gasteiger partial charge is 0.250 e. The fourth-order valence-electron chi connectivity index (χ4n) is 1.72. The number of carbonyl (C=O) groups is 1. The van der Waals surface area contributed by atoms with Crippen LogP contribution in [0.1, 0.15) is 5.56 Å². The molecule has 5 nitrogen and oxygen atoms in total. The Balaban J connectivity index is 1.71. The van der Waals surface area contributed by atoms with Crippen LogP contribution >= 0.6 is 11.3 Å². The lowest BCUT2D eigenvalue weighted by Crippen LogP contribution is -2.35. The highest BCUT2D eigenvalue weighted by atomic mass is 32.2. The van der Waals surface area contributed by atoms with Gasteiger partial charge in [0.25, 0.3) is 0 Å². The fourth-order valence-corrected chi connectivity index (χ4v) is 3.79. The molecule has 112 valence electrons. The van der Waals surface area contributed by atoms with Gasteiger partial charge in [-0.05, 0) is 17.0 Å². The molecule has 2 aromatic rings. The molecule has 1 aromatic carbocycles. The molecule has 1 aromatic heterocycles. The van der Waals surface area contributed by atoms with E-state index in [-0.39, 0.29) is 23.2 Å². The van der Waals surface area contributed by atoms with Crippen LogP contribution in [-0.2, 0) is 21.2 Å². The third kappa shape index (κ3) is 4.96. The third-order valence-electron chi connectivity index (χ3n) is 2.71. The molecule has 0 aliphatic rings. The molecule has 0 aliphatic carbocycles. The van der Waals surface area contributed by atoms with Crippen molar-refractivity contribution >= 4 is 27.3 Å². The summed E-state index contributed by atoms with van der Waals surface area (Å²) in [6, 6.07) is 12.6. The molecule has 0 saturated heterocycles. The average Bonchev–Trinajstić information content (AvgIpc) is 3.00. The zero-order valence-corrected chi connectivity index (χ0v) is 12.9. The second-order valence-corrected chi connectivity index (χ2v) is 7.28. The van der Waals surface area contributed by atoms with Crippen LogP contribution in [0.15, 0.2) is 52.1 Å². The maximum Gasteiger partial charge on any atom is 0.250 e. The van der Waals surface area contributed by atoms with Gasteiger partial charge in [-0.1, -0.05) is 36.4 Å². The first kappa shape index (κ1) is 15.7. The average molecular weight is 324 g/mol. The molecule has 0 unspecified atom stereocenters. The summed E-state index contributed by atoms with van der Waals surface area (Å²) in [5.74, 6) is -0.128. The minimum atomic E-state index is -3.46. The molecular weight excluding hydrogens is 308 g/mol. The van der Waals surface area contributed by atoms with E-state index >= 15 is 0 Å². The Morgan fingerprint density at radius 3 is 2.48 bits per heavy atom. The van der Waals surface area contributed by atoms with Gasteiger partial charge in [-0.3, -0.25) is 4.79 Å². The van der Waals surface area contributed by atoms with E-state index in [9.17, 15) is 13.2 Å². The summed E-state index contributed by atoms with van der Waals surface area (Å²) in [6.45, 7) is 0.428. The van der Waals surface area contributed by atoms with E-state index in [1.54, 1.807) is 17.5 Å². The first-order chi connectivity index (χ1) is 10.1. The van der Waals surface area contributed by atoms with Gasteiger partial charge in [0.1, 0.15) is 4.21 Å². The van der Waals surface area contributed by atoms with Crippen molar-refractivity contribution in [3.63, 3.8) is 0 Å². The quantitative estimate of drug-likeness (QED) is 0.756. The van der Waals surface area contributed by atoms with Crippen LogP contribution in [0.4, 0.5) is 0 Å². The summed E-state index contributed by atoms with van der Waals surface area (Å²) in [6.07, 6.45) is 0.290. The van der Waals surface area contributed by atoms with Gasteiger partial charge >= 0.3 is 0 Å². The van der Waals surface area contributed by atoms with Gasteiger partial charge in [0.2, 0.25) is 15.9 Å². The van der Waals surface area contributed by atoms with Crippen LogP contribution in [0.5, 0.6) is 0 Å². The summed E-state index contributed by atoms with van der Waals surface area (Å²) in [5.41, 5.74) is 0.925. The minimum Gasteiger partial charge on any atom is -0.355 e. The zero-order valence-electron chi connectivity index (χ0n) is 11.3. The monoisotopic (exact) mass is 324 g/mol. The summed E-state index contributed by atoms with van der Waals surface area (Å²) in [4.78, 5) is 11.7. The summed E-state index contributed by atoms with van der Waals surface area (Å²) in [7, 11) is -3.46. The van der Waals surface area contributed by atoms with Gasteiger partial charge in [-0.2, -0.15) is 0 Å². The molecule has 0 atom stereocenters. The highest BCUT2D eigenvalue weighted by molar-refractivity contribution is 7.91. The van der Waals surface area contributed by atoms with Crippen molar-refractivity contribution in [3.8, 4) is 0 Å². The van der Waals surface area contributed by atoms with E-state index < -0.39 is 10.0 Å². The van der Waals surface area contributed by atoms with Crippen molar-refractivity contribution in [1.29, 1.82) is 0 Å². The van der Waals surface area contributed by atoms with Crippen molar-refractivity contribution in [2.24, 2.45) is 0 Å². The van der Waals surface area contributed by atoms with Gasteiger partial charge in [0.15, 0.2) is 0 Å². The van der Waals surface area contributed by atoms with Gasteiger partial charge in [-0.25, -0.2) is 13.1 Å². The van der Waals surface area contributed by atoms with E-state index in [0.29, 0.717) is 6.42 Å². The van der Waals surface area contributed by atoms with E-state index in [1.807, 2.05) is 30.3 Å². The van der Waals surface area contributed by atoms with Crippen molar-refractivity contribution in [3.05, 3.63) is 53.4 Å². The second kappa shape index (κ2) is 7.35. The van der Waals surface area contributed by atoms with E-state index in [1.165, 1.54) is 0 Å². The molecule has 1 heterocycles. The van der Waals surface area contributed by atoms with Crippen LogP contribution in [0, 0.1) is 0 Å². The molecule has 0 radical (unpaired) electrons. The molecule has 0 fully saturated rings. The first-order valence-electron chi connectivity index (χ1n) is 6.42. The predicted molar refractivity (Wildman–Crippen MR) is 82.7 cm³/mol. The zero-order chi connectivity index (χ0) is 15.1. The molecule has 0 saturated carbocycles. The highest BCUT2D eigenvalue weighted by Crippen LogP contribution is 2.14. The Kier molecular flexibility index (Phi) is 5.49. The van der Waals surface area contributed by atoms with Crippen LogP contribution in [0.2, 0.25) is 0 Å². The molecule has 0 spiro atoms. The number of amides is 1. The largest absolute Gasteiger partial charge is 0.355 e. The number of carbonyl (C=O) groups excluding carboxylic acids is 1. The molecule has 1 amide bonds. The van der Waals surface area contributed by atoms with Crippen LogP contribution < -0.4 is 10.0 Å². The van der Waals surface area contributed by atoms with Crippen LogP contribution in [0.3, 0.4) is 0 Å². The molecule has 2 rings (SSSR count). The summed E-state index contributed by atoms with van der Waals surface area (Å²) in [5, 5.41) is 4.39. The maximum absolute atomic E-state index is 11.8. The SMILES string of the molecule is O=C(Cc1ccccc1)NCCNS(=O)(=O)c1cccs1. The number of hydrogen-bond acceptors (Lipinski definition) is 4. The van der Waals surface area contributed by atoms with Gasteiger partial charge < -0.3 is 5.32 Å². The van der Waals surface area contributed by atoms with E-state index in [2.05, 4.69) is 10.0 Å². The normalized spacial score (nSPS) is 11.2. The van der Waals surface area contributed by atoms with E-state index in [0.717, 1.165) is 16.9 Å². The first-order valence-corrected chi connectivity index (χ1v) is 8.78. The lowest BCUT2D eigenvalue weighted by molar-refractivity contribution is -0.120. The topological polar surface area (TPSA) is 75.3 Å². The van der Waals surface area contributed by atoms with Gasteiger partial charge in [-0.15, -0.1) is 11.3 Å². The van der Waals surface area contributed by atoms with Crippen molar-refractivity contribution in [2.45, 2.75) is 10.6 Å². The Morgan fingerprint density at radius 1 is 1.05 bits per heavy atom. The maximum atomic E-state index is 11.8. The Hall–Kier alpha value is -1.70. The fraction of sp³-hybridized carbons (Fsp3) is 0.214. The number of thiophene rings is 1. The molecule has 2 N–H and O–H groups in total. The number of nitrogens with one attached hydrogen (secondary N) is 2. The Bertz CT molecular complexity index is 668. The lowest BCUT2D eigenvalue weighted by atomic mass is 10.1. The highest BCUT2D eigenvalue weighted by Gasteiger charge is 2.13. The predicted octanol–water partition coefficient (Wildman–Crippen LogP) is 1.39. The summed E-state index contributed by atoms with van der Waals surface area (Å²) >= 11 is 1.16. The lowest BCUT2D eigenvalue weighted by Gasteiger charge is -2.07. The van der Waals surface area contributed by atoms with Crippen molar-refractivity contribution in [2.75, 3.05) is 13.1 Å². The Morgan fingerprint density at radius 2 is 1.81 bits per heavy atom. The standard InChI is InChI=1S/C14H16N2O3S2/c17-13(11-12-5-2-1-3-6-12)15-8-9-16-21(18,19)14-7-4-10-20-14/h1-7,10,16H,8-9,11H2,(H,15,17). The van der Waals surface area contributed by atoms with Crippen molar-refractivity contribution < 1.29 is 13.2 Å². The molecule has 0 bridgehead atoms. The second-order valence-electron chi connectivity index (χ2n) is 4.34. The van der Waals surface area contributed by atoms with E-state index in [4.69, 9.17) is 0 Å². The van der Waals surface area contributed by atoms with Crippen LogP contribution in [-0.4, -0.2) is 27.4 Å². The molecular formula is C14H16N2O3S2. The number of hydrogen-bond donors (Lipinski definition) is 2. The number of benzene rings is 1.